The zero-order valence-corrected chi connectivity index (χ0v) is 14.9. The average molecular weight is 311 g/mol. The SMILES string of the molecule is CCC(=O)[C@@H]1C2CCC(C[C@@H]1c1ccc(C=C(C)C)cc1)N2C. The molecular weight excluding hydrogens is 282 g/mol. The fraction of sp³-hybridized carbons (Fsp3) is 0.571. The van der Waals surface area contributed by atoms with Gasteiger partial charge < -0.3 is 0 Å². The predicted octanol–water partition coefficient (Wildman–Crippen LogP) is 4.66. The molecule has 1 aromatic rings. The normalized spacial score (nSPS) is 30.3. The highest BCUT2D eigenvalue weighted by atomic mass is 16.1. The number of nitrogens with zero attached hydrogens (tertiary/aromatic N) is 1. The largest absolute Gasteiger partial charge is 0.300 e. The van der Waals surface area contributed by atoms with Gasteiger partial charge in [0.25, 0.3) is 0 Å². The summed E-state index contributed by atoms with van der Waals surface area (Å²) in [5.74, 6) is 1.02. The van der Waals surface area contributed by atoms with E-state index in [9.17, 15) is 4.79 Å². The number of hydrogen-bond donors (Lipinski definition) is 0. The van der Waals surface area contributed by atoms with E-state index in [0.717, 1.165) is 6.42 Å². The summed E-state index contributed by atoms with van der Waals surface area (Å²) < 4.78 is 0. The molecule has 0 radical (unpaired) electrons. The van der Waals surface area contributed by atoms with Gasteiger partial charge in [-0.05, 0) is 57.2 Å². The van der Waals surface area contributed by atoms with Crippen molar-refractivity contribution in [3.63, 3.8) is 0 Å². The van der Waals surface area contributed by atoms with E-state index >= 15 is 0 Å². The minimum absolute atomic E-state index is 0.179. The molecule has 2 bridgehead atoms. The summed E-state index contributed by atoms with van der Waals surface area (Å²) in [5, 5.41) is 0. The monoisotopic (exact) mass is 311 g/mol. The molecule has 0 saturated carbocycles. The molecule has 23 heavy (non-hydrogen) atoms. The van der Waals surface area contributed by atoms with Crippen molar-refractivity contribution >= 4 is 11.9 Å². The molecule has 0 aliphatic carbocycles. The van der Waals surface area contributed by atoms with Gasteiger partial charge in [0, 0.05) is 24.4 Å². The van der Waals surface area contributed by atoms with Crippen LogP contribution in [0.3, 0.4) is 0 Å². The fourth-order valence-electron chi connectivity index (χ4n) is 4.66. The molecule has 124 valence electrons. The van der Waals surface area contributed by atoms with E-state index in [-0.39, 0.29) is 5.92 Å². The van der Waals surface area contributed by atoms with E-state index in [0.29, 0.717) is 30.2 Å². The molecule has 0 aromatic heterocycles. The van der Waals surface area contributed by atoms with Crippen molar-refractivity contribution in [1.82, 2.24) is 4.90 Å². The maximum absolute atomic E-state index is 12.7. The Hall–Kier alpha value is -1.41. The van der Waals surface area contributed by atoms with E-state index in [1.165, 1.54) is 29.5 Å². The van der Waals surface area contributed by atoms with Crippen molar-refractivity contribution in [3.8, 4) is 0 Å². The maximum atomic E-state index is 12.7. The van der Waals surface area contributed by atoms with Crippen molar-refractivity contribution in [2.45, 2.75) is 64.5 Å². The highest BCUT2D eigenvalue weighted by molar-refractivity contribution is 5.82. The number of carbonyl (C=O) groups is 1. The van der Waals surface area contributed by atoms with Crippen LogP contribution in [0.1, 0.15) is 63.5 Å². The number of allylic oxidation sites excluding steroid dienone is 1. The molecule has 0 N–H and O–H groups in total. The minimum Gasteiger partial charge on any atom is -0.300 e. The number of carbonyl (C=O) groups excluding carboxylic acids is 1. The maximum Gasteiger partial charge on any atom is 0.137 e. The number of ketones is 1. The minimum atomic E-state index is 0.179. The Morgan fingerprint density at radius 3 is 2.52 bits per heavy atom. The zero-order chi connectivity index (χ0) is 16.6. The number of piperidine rings is 1. The van der Waals surface area contributed by atoms with E-state index < -0.39 is 0 Å². The quantitative estimate of drug-likeness (QED) is 0.806. The van der Waals surface area contributed by atoms with Crippen LogP contribution < -0.4 is 0 Å². The third-order valence-corrected chi connectivity index (χ3v) is 5.81. The Bertz CT molecular complexity index is 597. The molecule has 1 aromatic carbocycles. The van der Waals surface area contributed by atoms with Gasteiger partial charge in [0.2, 0.25) is 0 Å². The Morgan fingerprint density at radius 2 is 1.91 bits per heavy atom. The first-order valence-corrected chi connectivity index (χ1v) is 9.00. The summed E-state index contributed by atoms with van der Waals surface area (Å²) in [7, 11) is 2.21. The molecule has 2 unspecified atom stereocenters. The highest BCUT2D eigenvalue weighted by Crippen LogP contribution is 2.46. The van der Waals surface area contributed by atoms with E-state index in [1.54, 1.807) is 0 Å². The Morgan fingerprint density at radius 1 is 1.22 bits per heavy atom. The van der Waals surface area contributed by atoms with Crippen LogP contribution in [0.25, 0.3) is 6.08 Å². The first-order valence-electron chi connectivity index (χ1n) is 9.00. The fourth-order valence-corrected chi connectivity index (χ4v) is 4.66. The summed E-state index contributed by atoms with van der Waals surface area (Å²) in [5.41, 5.74) is 3.92. The number of benzene rings is 1. The number of fused-ring (bicyclic) bond motifs is 2. The highest BCUT2D eigenvalue weighted by Gasteiger charge is 2.48. The number of rotatable bonds is 4. The predicted molar refractivity (Wildman–Crippen MR) is 96.5 cm³/mol. The number of hydrogen-bond acceptors (Lipinski definition) is 2. The number of Topliss-reactive ketones (excluding diaryl/α,β-unsaturated/α-hetero) is 1. The molecule has 2 fully saturated rings. The summed E-state index contributed by atoms with van der Waals surface area (Å²) in [6.45, 7) is 6.26. The molecule has 2 heterocycles. The third kappa shape index (κ3) is 3.14. The van der Waals surface area contributed by atoms with Gasteiger partial charge in [0.15, 0.2) is 0 Å². The van der Waals surface area contributed by atoms with Crippen LogP contribution in [0.15, 0.2) is 29.8 Å². The molecule has 2 aliphatic heterocycles. The Kier molecular flexibility index (Phi) is 4.72. The van der Waals surface area contributed by atoms with E-state index in [2.05, 4.69) is 56.1 Å². The lowest BCUT2D eigenvalue weighted by molar-refractivity contribution is -0.126. The van der Waals surface area contributed by atoms with Gasteiger partial charge in [0.1, 0.15) is 5.78 Å². The van der Waals surface area contributed by atoms with Crippen molar-refractivity contribution in [1.29, 1.82) is 0 Å². The topological polar surface area (TPSA) is 20.3 Å². The molecule has 2 heteroatoms. The lowest BCUT2D eigenvalue weighted by Crippen LogP contribution is -2.48. The Labute approximate surface area is 140 Å². The van der Waals surface area contributed by atoms with E-state index in [1.807, 2.05) is 6.92 Å². The van der Waals surface area contributed by atoms with Crippen LogP contribution in [0.4, 0.5) is 0 Å². The first-order chi connectivity index (χ1) is 11.0. The molecule has 0 spiro atoms. The van der Waals surface area contributed by atoms with Crippen LogP contribution in [0.5, 0.6) is 0 Å². The summed E-state index contributed by atoms with van der Waals surface area (Å²) >= 11 is 0. The summed E-state index contributed by atoms with van der Waals surface area (Å²) in [4.78, 5) is 15.1. The van der Waals surface area contributed by atoms with E-state index in [4.69, 9.17) is 0 Å². The van der Waals surface area contributed by atoms with Crippen LogP contribution in [0, 0.1) is 5.92 Å². The van der Waals surface area contributed by atoms with Crippen molar-refractivity contribution < 1.29 is 4.79 Å². The molecule has 2 aliphatic rings. The standard InChI is InChI=1S/C21H29NO/c1-5-20(23)21-18(13-17-10-11-19(21)22(17)4)16-8-6-15(7-9-16)12-14(2)3/h6-9,12,17-19,21H,5,10-11,13H2,1-4H3/t17?,18-,19?,21+/m1/s1. The first kappa shape index (κ1) is 16.4. The molecule has 4 atom stereocenters. The lowest BCUT2D eigenvalue weighted by atomic mass is 9.73. The second kappa shape index (κ2) is 6.60. The second-order valence-electron chi connectivity index (χ2n) is 7.54. The van der Waals surface area contributed by atoms with Crippen molar-refractivity contribution in [2.24, 2.45) is 5.92 Å². The molecule has 3 rings (SSSR count). The average Bonchev–Trinajstić information content (AvgIpc) is 2.77. The van der Waals surface area contributed by atoms with Gasteiger partial charge >= 0.3 is 0 Å². The zero-order valence-electron chi connectivity index (χ0n) is 14.9. The smallest absolute Gasteiger partial charge is 0.137 e. The molecule has 2 saturated heterocycles. The third-order valence-electron chi connectivity index (χ3n) is 5.81. The molecular formula is C21H29NO. The van der Waals surface area contributed by atoms with Crippen LogP contribution in [-0.2, 0) is 4.79 Å². The van der Waals surface area contributed by atoms with Gasteiger partial charge in [-0.15, -0.1) is 0 Å². The van der Waals surface area contributed by atoms with Gasteiger partial charge in [-0.25, -0.2) is 0 Å². The summed E-state index contributed by atoms with van der Waals surface area (Å²) in [6.07, 6.45) is 6.43. The van der Waals surface area contributed by atoms with Gasteiger partial charge in [-0.3, -0.25) is 9.69 Å². The Balaban J connectivity index is 1.90. The van der Waals surface area contributed by atoms with Gasteiger partial charge in [-0.2, -0.15) is 0 Å². The van der Waals surface area contributed by atoms with Crippen LogP contribution in [-0.4, -0.2) is 29.8 Å². The van der Waals surface area contributed by atoms with Crippen LogP contribution in [0.2, 0.25) is 0 Å². The van der Waals surface area contributed by atoms with Gasteiger partial charge in [0.05, 0.1) is 0 Å². The molecule has 2 nitrogen and oxygen atoms in total. The van der Waals surface area contributed by atoms with Crippen LogP contribution >= 0.6 is 0 Å². The molecule has 0 amide bonds. The lowest BCUT2D eigenvalue weighted by Gasteiger charge is -2.42. The van der Waals surface area contributed by atoms with Crippen molar-refractivity contribution in [3.05, 3.63) is 41.0 Å². The second-order valence-corrected chi connectivity index (χ2v) is 7.54. The van der Waals surface area contributed by atoms with Crippen molar-refractivity contribution in [2.75, 3.05) is 7.05 Å². The van der Waals surface area contributed by atoms with Gasteiger partial charge in [-0.1, -0.05) is 42.8 Å². The summed E-state index contributed by atoms with van der Waals surface area (Å²) in [6, 6.07) is 10.0.